The summed E-state index contributed by atoms with van der Waals surface area (Å²) in [5.74, 6) is -1.11. The van der Waals surface area contributed by atoms with Crippen LogP contribution in [-0.2, 0) is 10.0 Å². The first-order chi connectivity index (χ1) is 13.6. The van der Waals surface area contributed by atoms with Crippen molar-refractivity contribution in [1.29, 1.82) is 0 Å². The summed E-state index contributed by atoms with van der Waals surface area (Å²) in [5, 5.41) is 2.87. The molecule has 1 heterocycles. The maximum absolute atomic E-state index is 13.8. The van der Waals surface area contributed by atoms with Gasteiger partial charge in [-0.1, -0.05) is 29.3 Å². The van der Waals surface area contributed by atoms with E-state index in [4.69, 9.17) is 23.2 Å². The third-order valence-corrected chi connectivity index (χ3v) is 7.52. The molecule has 2 aromatic rings. The zero-order chi connectivity index (χ0) is 21.3. The molecule has 0 bridgehead atoms. The second-order valence-corrected chi connectivity index (χ2v) is 9.82. The zero-order valence-electron chi connectivity index (χ0n) is 16.0. The average Bonchev–Trinajstić information content (AvgIpc) is 3.20. The Labute approximate surface area is 179 Å². The number of nitrogens with zero attached hydrogens (tertiary/aromatic N) is 1. The third-order valence-electron chi connectivity index (χ3n) is 5.01. The van der Waals surface area contributed by atoms with Crippen molar-refractivity contribution in [3.05, 3.63) is 62.9 Å². The van der Waals surface area contributed by atoms with Gasteiger partial charge in [-0.2, -0.15) is 4.31 Å². The molecule has 0 unspecified atom stereocenters. The van der Waals surface area contributed by atoms with E-state index in [1.807, 2.05) is 0 Å². The molecular formula is C20H21Cl2FN2O3S. The fraction of sp³-hybridized carbons (Fsp3) is 0.350. The van der Waals surface area contributed by atoms with Gasteiger partial charge in [0.05, 0.1) is 16.0 Å². The van der Waals surface area contributed by atoms with Gasteiger partial charge in [0, 0.05) is 23.7 Å². The van der Waals surface area contributed by atoms with E-state index in [-0.39, 0.29) is 20.5 Å². The molecule has 1 aliphatic heterocycles. The summed E-state index contributed by atoms with van der Waals surface area (Å²) in [6.45, 7) is 4.35. The van der Waals surface area contributed by atoms with E-state index in [0.29, 0.717) is 24.2 Å². The molecule has 1 fully saturated rings. The van der Waals surface area contributed by atoms with Crippen molar-refractivity contribution in [3.8, 4) is 0 Å². The van der Waals surface area contributed by atoms with Crippen molar-refractivity contribution in [2.45, 2.75) is 37.6 Å². The van der Waals surface area contributed by atoms with E-state index in [0.717, 1.165) is 12.8 Å². The lowest BCUT2D eigenvalue weighted by Gasteiger charge is -2.19. The monoisotopic (exact) mass is 458 g/mol. The number of nitrogens with one attached hydrogen (secondary N) is 1. The van der Waals surface area contributed by atoms with Crippen molar-refractivity contribution in [2.75, 3.05) is 13.1 Å². The molecule has 5 nitrogen and oxygen atoms in total. The molecule has 29 heavy (non-hydrogen) atoms. The highest BCUT2D eigenvalue weighted by Crippen LogP contribution is 2.29. The first-order valence-corrected chi connectivity index (χ1v) is 11.4. The summed E-state index contributed by atoms with van der Waals surface area (Å²) in [6.07, 6.45) is 1.66. The van der Waals surface area contributed by atoms with E-state index in [1.54, 1.807) is 19.9 Å². The molecule has 0 spiro atoms. The summed E-state index contributed by atoms with van der Waals surface area (Å²) < 4.78 is 40.8. The normalized spacial score (nSPS) is 16.0. The smallest absolute Gasteiger partial charge is 0.252 e. The molecule has 156 valence electrons. The first kappa shape index (κ1) is 22.0. The number of halogens is 3. The lowest BCUT2D eigenvalue weighted by Crippen LogP contribution is -2.30. The summed E-state index contributed by atoms with van der Waals surface area (Å²) >= 11 is 11.8. The fourth-order valence-corrected chi connectivity index (χ4v) is 5.40. The van der Waals surface area contributed by atoms with Gasteiger partial charge in [-0.15, -0.1) is 0 Å². The maximum Gasteiger partial charge on any atom is 0.252 e. The Morgan fingerprint density at radius 1 is 1.14 bits per heavy atom. The minimum absolute atomic E-state index is 0.0818. The summed E-state index contributed by atoms with van der Waals surface area (Å²) in [4.78, 5) is 12.9. The van der Waals surface area contributed by atoms with Crippen LogP contribution in [0.3, 0.4) is 0 Å². The Kier molecular flexibility index (Phi) is 6.53. The molecule has 0 aromatic heterocycles. The standard InChI is InChI=1S/C20H21Cl2FN2O3S/c1-12-5-6-14(29(27,28)25-7-3-4-8-25)9-15(12)20(26)24-13(2)16-10-19(23)18(22)11-17(16)21/h5-6,9-11,13H,3-4,7-8H2,1-2H3,(H,24,26)/t13-/m1/s1. The first-order valence-electron chi connectivity index (χ1n) is 9.17. The molecule has 9 heteroatoms. The number of rotatable bonds is 5. The van der Waals surface area contributed by atoms with Crippen molar-refractivity contribution >= 4 is 39.1 Å². The molecule has 1 saturated heterocycles. The molecule has 2 aromatic carbocycles. The number of carbonyl (C=O) groups excluding carboxylic acids is 1. The van der Waals surface area contributed by atoms with Crippen LogP contribution in [0.2, 0.25) is 10.0 Å². The summed E-state index contributed by atoms with van der Waals surface area (Å²) in [5.41, 5.74) is 1.24. The molecule has 1 amide bonds. The van der Waals surface area contributed by atoms with Gasteiger partial charge in [0.2, 0.25) is 10.0 Å². The minimum atomic E-state index is -3.64. The highest BCUT2D eigenvalue weighted by atomic mass is 35.5. The Morgan fingerprint density at radius 2 is 1.79 bits per heavy atom. The van der Waals surface area contributed by atoms with E-state index in [9.17, 15) is 17.6 Å². The Bertz CT molecular complexity index is 1050. The summed E-state index contributed by atoms with van der Waals surface area (Å²) in [7, 11) is -3.64. The average molecular weight is 459 g/mol. The number of hydrogen-bond donors (Lipinski definition) is 1. The van der Waals surface area contributed by atoms with E-state index < -0.39 is 27.8 Å². The van der Waals surface area contributed by atoms with Gasteiger partial charge in [-0.3, -0.25) is 4.79 Å². The second kappa shape index (κ2) is 8.60. The van der Waals surface area contributed by atoms with Crippen LogP contribution in [0.5, 0.6) is 0 Å². The van der Waals surface area contributed by atoms with Crippen LogP contribution in [-0.4, -0.2) is 31.7 Å². The Balaban J connectivity index is 1.87. The fourth-order valence-electron chi connectivity index (χ4n) is 3.31. The predicted molar refractivity (Wildman–Crippen MR) is 111 cm³/mol. The highest BCUT2D eigenvalue weighted by Gasteiger charge is 2.28. The van der Waals surface area contributed by atoms with Gasteiger partial charge in [-0.05, 0) is 62.1 Å². The number of benzene rings is 2. The van der Waals surface area contributed by atoms with Crippen molar-refractivity contribution in [2.24, 2.45) is 0 Å². The second-order valence-electron chi connectivity index (χ2n) is 7.07. The highest BCUT2D eigenvalue weighted by molar-refractivity contribution is 7.89. The van der Waals surface area contributed by atoms with Gasteiger partial charge < -0.3 is 5.32 Å². The lowest BCUT2D eigenvalue weighted by atomic mass is 10.1. The lowest BCUT2D eigenvalue weighted by molar-refractivity contribution is 0.0939. The molecule has 1 atom stereocenters. The minimum Gasteiger partial charge on any atom is -0.345 e. The number of amides is 1. The number of carbonyl (C=O) groups is 1. The number of hydrogen-bond acceptors (Lipinski definition) is 3. The Hall–Kier alpha value is -1.67. The Morgan fingerprint density at radius 3 is 2.45 bits per heavy atom. The summed E-state index contributed by atoms with van der Waals surface area (Å²) in [6, 6.07) is 6.35. The van der Waals surface area contributed by atoms with Gasteiger partial charge in [0.25, 0.3) is 5.91 Å². The van der Waals surface area contributed by atoms with Gasteiger partial charge in [-0.25, -0.2) is 12.8 Å². The van der Waals surface area contributed by atoms with Crippen LogP contribution in [0, 0.1) is 12.7 Å². The molecular weight excluding hydrogens is 438 g/mol. The topological polar surface area (TPSA) is 66.5 Å². The van der Waals surface area contributed by atoms with Crippen LogP contribution < -0.4 is 5.32 Å². The van der Waals surface area contributed by atoms with Crippen molar-refractivity contribution in [3.63, 3.8) is 0 Å². The van der Waals surface area contributed by atoms with Gasteiger partial charge >= 0.3 is 0 Å². The number of sulfonamides is 1. The third kappa shape index (κ3) is 4.58. The van der Waals surface area contributed by atoms with Gasteiger partial charge in [0.15, 0.2) is 0 Å². The SMILES string of the molecule is Cc1ccc(S(=O)(=O)N2CCCC2)cc1C(=O)N[C@H](C)c1cc(F)c(Cl)cc1Cl. The van der Waals surface area contributed by atoms with Gasteiger partial charge in [0.1, 0.15) is 5.82 Å². The van der Waals surface area contributed by atoms with Crippen LogP contribution in [0.4, 0.5) is 4.39 Å². The predicted octanol–water partition coefficient (Wildman–Crippen LogP) is 4.72. The van der Waals surface area contributed by atoms with Crippen LogP contribution in [0.1, 0.15) is 47.3 Å². The maximum atomic E-state index is 13.8. The van der Waals surface area contributed by atoms with Crippen LogP contribution in [0.25, 0.3) is 0 Å². The van der Waals surface area contributed by atoms with E-state index >= 15 is 0 Å². The van der Waals surface area contributed by atoms with Crippen molar-refractivity contribution < 1.29 is 17.6 Å². The largest absolute Gasteiger partial charge is 0.345 e. The molecule has 0 radical (unpaired) electrons. The van der Waals surface area contributed by atoms with Crippen LogP contribution in [0.15, 0.2) is 35.2 Å². The zero-order valence-corrected chi connectivity index (χ0v) is 18.3. The molecule has 0 saturated carbocycles. The van der Waals surface area contributed by atoms with E-state index in [1.165, 1.54) is 28.6 Å². The number of aryl methyl sites for hydroxylation is 1. The van der Waals surface area contributed by atoms with Crippen molar-refractivity contribution in [1.82, 2.24) is 9.62 Å². The van der Waals surface area contributed by atoms with Crippen LogP contribution >= 0.6 is 23.2 Å². The quantitative estimate of drug-likeness (QED) is 0.659. The molecule has 0 aliphatic carbocycles. The molecule has 1 aliphatic rings. The molecule has 1 N–H and O–H groups in total. The van der Waals surface area contributed by atoms with E-state index in [2.05, 4.69) is 5.32 Å². The molecule has 3 rings (SSSR count).